The second kappa shape index (κ2) is 6.12. The van der Waals surface area contributed by atoms with Crippen molar-refractivity contribution in [1.29, 1.82) is 0 Å². The van der Waals surface area contributed by atoms with Gasteiger partial charge in [-0.2, -0.15) is 0 Å². The zero-order valence-corrected chi connectivity index (χ0v) is 10.6. The molecule has 0 atom stereocenters. The lowest BCUT2D eigenvalue weighted by atomic mass is 10.2. The van der Waals surface area contributed by atoms with Gasteiger partial charge in [0, 0.05) is 44.3 Å². The highest BCUT2D eigenvalue weighted by molar-refractivity contribution is 5.45. The molecule has 0 aliphatic heterocycles. The molecule has 2 heterocycles. The molecule has 0 saturated carbocycles. The number of nitrogens with two attached hydrogens (primary N) is 1. The summed E-state index contributed by atoms with van der Waals surface area (Å²) >= 11 is 0. The van der Waals surface area contributed by atoms with Crippen molar-refractivity contribution < 1.29 is 0 Å². The van der Waals surface area contributed by atoms with Crippen molar-refractivity contribution in [2.75, 3.05) is 18.5 Å². The molecule has 0 radical (unpaired) electrons. The fraction of sp³-hybridized carbons (Fsp3) is 0.286. The summed E-state index contributed by atoms with van der Waals surface area (Å²) < 4.78 is 0. The number of aromatic nitrogens is 2. The maximum absolute atomic E-state index is 5.72. The van der Waals surface area contributed by atoms with Gasteiger partial charge in [-0.05, 0) is 30.2 Å². The van der Waals surface area contributed by atoms with Crippen molar-refractivity contribution >= 4 is 5.82 Å². The largest absolute Gasteiger partial charge is 0.359 e. The van der Waals surface area contributed by atoms with E-state index in [1.807, 2.05) is 43.7 Å². The summed E-state index contributed by atoms with van der Waals surface area (Å²) in [7, 11) is 2.04. The second-order valence-corrected chi connectivity index (χ2v) is 4.22. The van der Waals surface area contributed by atoms with Gasteiger partial charge in [0.15, 0.2) is 0 Å². The lowest BCUT2D eigenvalue weighted by Crippen LogP contribution is -2.23. The van der Waals surface area contributed by atoms with Crippen molar-refractivity contribution in [3.8, 4) is 0 Å². The molecule has 0 bridgehead atoms. The van der Waals surface area contributed by atoms with Crippen LogP contribution in [0.5, 0.6) is 0 Å². The van der Waals surface area contributed by atoms with Crippen LogP contribution in [0.2, 0.25) is 0 Å². The molecule has 0 amide bonds. The first-order valence-electron chi connectivity index (χ1n) is 6.05. The Labute approximate surface area is 107 Å². The number of hydrogen-bond acceptors (Lipinski definition) is 4. The first-order chi connectivity index (χ1) is 8.81. The van der Waals surface area contributed by atoms with Crippen molar-refractivity contribution in [3.05, 3.63) is 54.0 Å². The Morgan fingerprint density at radius 3 is 2.67 bits per heavy atom. The van der Waals surface area contributed by atoms with E-state index in [1.165, 1.54) is 5.56 Å². The average Bonchev–Trinajstić information content (AvgIpc) is 2.45. The van der Waals surface area contributed by atoms with Gasteiger partial charge in [0.2, 0.25) is 0 Å². The molecule has 0 aromatic carbocycles. The Morgan fingerprint density at radius 1 is 1.17 bits per heavy atom. The highest BCUT2D eigenvalue weighted by atomic mass is 15.2. The van der Waals surface area contributed by atoms with Crippen LogP contribution in [0.4, 0.5) is 5.82 Å². The molecule has 0 spiro atoms. The number of rotatable bonds is 5. The molecule has 94 valence electrons. The second-order valence-electron chi connectivity index (χ2n) is 4.22. The summed E-state index contributed by atoms with van der Waals surface area (Å²) in [5.41, 5.74) is 8.08. The topological polar surface area (TPSA) is 55.0 Å². The number of nitrogens with zero attached hydrogens (tertiary/aromatic N) is 3. The third kappa shape index (κ3) is 3.05. The minimum absolute atomic E-state index is 0.517. The van der Waals surface area contributed by atoms with E-state index in [4.69, 9.17) is 5.73 Å². The fourth-order valence-electron chi connectivity index (χ4n) is 1.89. The van der Waals surface area contributed by atoms with Crippen molar-refractivity contribution in [2.45, 2.75) is 13.0 Å². The molecule has 2 aromatic rings. The van der Waals surface area contributed by atoms with Crippen LogP contribution in [0, 0.1) is 0 Å². The van der Waals surface area contributed by atoms with Gasteiger partial charge in [-0.15, -0.1) is 0 Å². The van der Waals surface area contributed by atoms with Crippen molar-refractivity contribution in [3.63, 3.8) is 0 Å². The molecule has 2 aromatic heterocycles. The van der Waals surface area contributed by atoms with Gasteiger partial charge >= 0.3 is 0 Å². The van der Waals surface area contributed by atoms with Crippen LogP contribution >= 0.6 is 0 Å². The molecule has 4 nitrogen and oxygen atoms in total. The maximum atomic E-state index is 5.72. The average molecular weight is 242 g/mol. The van der Waals surface area contributed by atoms with E-state index in [0.717, 1.165) is 24.3 Å². The first-order valence-corrected chi connectivity index (χ1v) is 6.05. The highest BCUT2D eigenvalue weighted by Gasteiger charge is 2.07. The molecule has 0 unspecified atom stereocenters. The summed E-state index contributed by atoms with van der Waals surface area (Å²) in [6.45, 7) is 1.43. The fourth-order valence-corrected chi connectivity index (χ4v) is 1.89. The predicted octanol–water partition coefficient (Wildman–Crippen LogP) is 1.61. The van der Waals surface area contributed by atoms with Crippen molar-refractivity contribution in [2.24, 2.45) is 5.73 Å². The van der Waals surface area contributed by atoms with Crippen molar-refractivity contribution in [1.82, 2.24) is 9.97 Å². The van der Waals surface area contributed by atoms with E-state index in [0.29, 0.717) is 6.54 Å². The minimum atomic E-state index is 0.517. The van der Waals surface area contributed by atoms with Gasteiger partial charge in [0.1, 0.15) is 5.82 Å². The summed E-state index contributed by atoms with van der Waals surface area (Å²) in [6.07, 6.45) is 6.42. The summed E-state index contributed by atoms with van der Waals surface area (Å²) in [4.78, 5) is 10.6. The Morgan fingerprint density at radius 2 is 1.94 bits per heavy atom. The maximum Gasteiger partial charge on any atom is 0.132 e. The molecule has 0 aliphatic carbocycles. The highest BCUT2D eigenvalue weighted by Crippen LogP contribution is 2.15. The molecule has 4 heteroatoms. The normalized spacial score (nSPS) is 10.3. The molecule has 0 fully saturated rings. The van der Waals surface area contributed by atoms with Crippen LogP contribution < -0.4 is 10.6 Å². The van der Waals surface area contributed by atoms with Gasteiger partial charge in [-0.25, -0.2) is 4.98 Å². The smallest absolute Gasteiger partial charge is 0.132 e. The first kappa shape index (κ1) is 12.5. The van der Waals surface area contributed by atoms with E-state index in [1.54, 1.807) is 6.20 Å². The molecule has 0 saturated heterocycles. The molecule has 0 aliphatic rings. The predicted molar refractivity (Wildman–Crippen MR) is 73.3 cm³/mol. The molecular weight excluding hydrogens is 224 g/mol. The van der Waals surface area contributed by atoms with Gasteiger partial charge in [0.05, 0.1) is 0 Å². The monoisotopic (exact) mass is 242 g/mol. The van der Waals surface area contributed by atoms with Gasteiger partial charge in [-0.3, -0.25) is 4.98 Å². The molecule has 18 heavy (non-hydrogen) atoms. The van der Waals surface area contributed by atoms with Crippen LogP contribution in [0.3, 0.4) is 0 Å². The third-order valence-corrected chi connectivity index (χ3v) is 2.93. The Hall–Kier alpha value is -1.94. The quantitative estimate of drug-likeness (QED) is 0.865. The van der Waals surface area contributed by atoms with E-state index in [2.05, 4.69) is 14.9 Å². The Balaban J connectivity index is 2.01. The van der Waals surface area contributed by atoms with Crippen LogP contribution in [0.1, 0.15) is 11.1 Å². The SMILES string of the molecule is CN(CCc1ccncc1)c1ncccc1CN. The van der Waals surface area contributed by atoms with Crippen LogP contribution in [-0.2, 0) is 13.0 Å². The zero-order valence-electron chi connectivity index (χ0n) is 10.6. The molecule has 2 N–H and O–H groups in total. The van der Waals surface area contributed by atoms with Crippen LogP contribution in [0.15, 0.2) is 42.9 Å². The standard InChI is InChI=1S/C14H18N4/c1-18(10-6-12-4-8-16-9-5-12)14-13(11-15)3-2-7-17-14/h2-5,7-9H,6,10-11,15H2,1H3. The summed E-state index contributed by atoms with van der Waals surface area (Å²) in [6, 6.07) is 8.01. The number of hydrogen-bond donors (Lipinski definition) is 1. The van der Waals surface area contributed by atoms with Crippen LogP contribution in [-0.4, -0.2) is 23.6 Å². The van der Waals surface area contributed by atoms with E-state index in [9.17, 15) is 0 Å². The van der Waals surface area contributed by atoms with E-state index < -0.39 is 0 Å². The third-order valence-electron chi connectivity index (χ3n) is 2.93. The number of pyridine rings is 2. The summed E-state index contributed by atoms with van der Waals surface area (Å²) in [5, 5.41) is 0. The number of anilines is 1. The van der Waals surface area contributed by atoms with Crippen LogP contribution in [0.25, 0.3) is 0 Å². The van der Waals surface area contributed by atoms with E-state index in [-0.39, 0.29) is 0 Å². The zero-order chi connectivity index (χ0) is 12.8. The van der Waals surface area contributed by atoms with Gasteiger partial charge in [0.25, 0.3) is 0 Å². The molecule has 2 rings (SSSR count). The van der Waals surface area contributed by atoms with Gasteiger partial charge < -0.3 is 10.6 Å². The lowest BCUT2D eigenvalue weighted by molar-refractivity contribution is 0.845. The Kier molecular flexibility index (Phi) is 4.25. The number of likely N-dealkylation sites (N-methyl/N-ethyl adjacent to an activating group) is 1. The van der Waals surface area contributed by atoms with E-state index >= 15 is 0 Å². The Bertz CT molecular complexity index is 484. The van der Waals surface area contributed by atoms with Gasteiger partial charge in [-0.1, -0.05) is 6.07 Å². The summed E-state index contributed by atoms with van der Waals surface area (Å²) in [5.74, 6) is 0.967. The minimum Gasteiger partial charge on any atom is -0.359 e. The lowest BCUT2D eigenvalue weighted by Gasteiger charge is -2.20. The molecular formula is C14H18N4.